The van der Waals surface area contributed by atoms with Crippen LogP contribution in [0.2, 0.25) is 0 Å². The molecule has 1 saturated heterocycles. The van der Waals surface area contributed by atoms with E-state index in [1.54, 1.807) is 0 Å². The van der Waals surface area contributed by atoms with Crippen LogP contribution >= 0.6 is 0 Å². The molecule has 1 aliphatic rings. The van der Waals surface area contributed by atoms with Crippen LogP contribution in [0.1, 0.15) is 162 Å². The zero-order chi connectivity index (χ0) is 25.8. The van der Waals surface area contributed by atoms with E-state index in [0.717, 1.165) is 51.4 Å². The Labute approximate surface area is 218 Å². The van der Waals surface area contributed by atoms with Crippen molar-refractivity contribution < 1.29 is 14.5 Å². The van der Waals surface area contributed by atoms with Gasteiger partial charge in [-0.05, 0) is 31.6 Å². The number of hydroxylamine groups is 3. The highest BCUT2D eigenvalue weighted by molar-refractivity contribution is 5.69. The summed E-state index contributed by atoms with van der Waals surface area (Å²) in [5.41, 5.74) is 0. The van der Waals surface area contributed by atoms with Crippen molar-refractivity contribution in [2.75, 3.05) is 13.1 Å². The van der Waals surface area contributed by atoms with Crippen LogP contribution in [0.5, 0.6) is 0 Å². The Kier molecular flexibility index (Phi) is 18.9. The molecule has 1 aliphatic heterocycles. The topological polar surface area (TPSA) is 60.4 Å². The molecule has 1 heterocycles. The summed E-state index contributed by atoms with van der Waals surface area (Å²) in [4.78, 5) is 12.1. The number of nitrogens with zero attached hydrogens (tertiary/aromatic N) is 1. The molecule has 3 atom stereocenters. The van der Waals surface area contributed by atoms with Crippen LogP contribution in [0.4, 0.5) is 0 Å². The number of hydrogen-bond acceptors (Lipinski definition) is 2. The maximum atomic E-state index is 14.0. The number of hydrogen-bond donors (Lipinski definition) is 1. The van der Waals surface area contributed by atoms with E-state index in [1.165, 1.54) is 83.5 Å². The van der Waals surface area contributed by atoms with E-state index in [4.69, 9.17) is 0 Å². The predicted molar refractivity (Wildman–Crippen MR) is 150 cm³/mol. The Morgan fingerprint density at radius 1 is 0.686 bits per heavy atom. The van der Waals surface area contributed by atoms with E-state index in [0.29, 0.717) is 25.4 Å². The molecule has 0 aliphatic carbocycles. The van der Waals surface area contributed by atoms with E-state index in [2.05, 4.69) is 20.8 Å². The van der Waals surface area contributed by atoms with Crippen molar-refractivity contribution in [2.24, 2.45) is 11.8 Å². The largest absolute Gasteiger partial charge is 0.633 e. The number of carboxylic acid groups (broad SMARTS) is 1. The summed E-state index contributed by atoms with van der Waals surface area (Å²) in [7, 11) is 0. The Balaban J connectivity index is 2.77. The van der Waals surface area contributed by atoms with Crippen molar-refractivity contribution in [3.8, 4) is 0 Å². The zero-order valence-corrected chi connectivity index (χ0v) is 23.9. The van der Waals surface area contributed by atoms with Crippen molar-refractivity contribution in [1.82, 2.24) is 0 Å². The zero-order valence-electron chi connectivity index (χ0n) is 23.9. The average Bonchev–Trinajstić information content (AvgIpc) is 2.84. The summed E-state index contributed by atoms with van der Waals surface area (Å²) in [6.45, 7) is 8.09. The van der Waals surface area contributed by atoms with Crippen molar-refractivity contribution >= 4 is 5.97 Å². The summed E-state index contributed by atoms with van der Waals surface area (Å²) in [6, 6.07) is -0.0290. The molecule has 0 spiro atoms. The summed E-state index contributed by atoms with van der Waals surface area (Å²) in [5, 5.41) is 24.0. The number of carboxylic acids is 1. The van der Waals surface area contributed by atoms with E-state index in [1.807, 2.05) is 0 Å². The minimum atomic E-state index is -0.680. The summed E-state index contributed by atoms with van der Waals surface area (Å²) in [5.74, 6) is -0.445. The SMILES string of the molecule is CCCCCCCCCCC(CCCCC)CC(CC(CCCCC)C(=O)O)[N+]1([O-])CCCCC1. The van der Waals surface area contributed by atoms with E-state index >= 15 is 0 Å². The molecule has 4 heteroatoms. The third-order valence-corrected chi connectivity index (χ3v) is 8.59. The molecule has 1 N–H and O–H groups in total. The Hall–Kier alpha value is -0.610. The lowest BCUT2D eigenvalue weighted by Crippen LogP contribution is -2.55. The quantitative estimate of drug-likeness (QED) is 0.0871. The van der Waals surface area contributed by atoms with Crippen LogP contribution in [0.15, 0.2) is 0 Å². The molecular formula is C31H61NO3. The standard InChI is InChI=1S/C31H61NO3/c1-4-7-10-11-12-13-14-18-22-28(21-16-8-5-2)26-30(32(35)24-19-15-20-25-32)27-29(31(33)34)23-17-9-6-3/h28-30H,4-27H2,1-3H3,(H,33,34). The second kappa shape index (κ2) is 20.4. The first-order chi connectivity index (χ1) is 17.0. The Morgan fingerprint density at radius 2 is 1.14 bits per heavy atom. The van der Waals surface area contributed by atoms with Gasteiger partial charge in [-0.25, -0.2) is 0 Å². The van der Waals surface area contributed by atoms with Gasteiger partial charge in [0.25, 0.3) is 0 Å². The van der Waals surface area contributed by atoms with Gasteiger partial charge in [0, 0.05) is 12.8 Å². The van der Waals surface area contributed by atoms with E-state index < -0.39 is 5.97 Å². The molecule has 0 radical (unpaired) electrons. The second-order valence-electron chi connectivity index (χ2n) is 11.7. The first-order valence-corrected chi connectivity index (χ1v) is 15.8. The molecular weight excluding hydrogens is 434 g/mol. The van der Waals surface area contributed by atoms with Gasteiger partial charge >= 0.3 is 5.97 Å². The maximum Gasteiger partial charge on any atom is 0.306 e. The van der Waals surface area contributed by atoms with Gasteiger partial charge in [0.1, 0.15) is 0 Å². The van der Waals surface area contributed by atoms with Gasteiger partial charge in [-0.1, -0.05) is 124 Å². The fraction of sp³-hybridized carbons (Fsp3) is 0.968. The Bertz CT molecular complexity index is 503. The van der Waals surface area contributed by atoms with Crippen molar-refractivity contribution in [3.05, 3.63) is 5.21 Å². The maximum absolute atomic E-state index is 14.0. The molecule has 35 heavy (non-hydrogen) atoms. The highest BCUT2D eigenvalue weighted by atomic mass is 16.5. The second-order valence-corrected chi connectivity index (χ2v) is 11.7. The lowest BCUT2D eigenvalue weighted by Gasteiger charge is -2.52. The molecule has 0 aromatic carbocycles. The minimum Gasteiger partial charge on any atom is -0.633 e. The summed E-state index contributed by atoms with van der Waals surface area (Å²) in [6.07, 6.45) is 25.5. The number of rotatable bonds is 23. The molecule has 4 nitrogen and oxygen atoms in total. The van der Waals surface area contributed by atoms with Crippen LogP contribution in [-0.2, 0) is 4.79 Å². The third-order valence-electron chi connectivity index (χ3n) is 8.59. The first kappa shape index (κ1) is 32.4. The summed E-state index contributed by atoms with van der Waals surface area (Å²) < 4.78 is -0.112. The lowest BCUT2D eigenvalue weighted by molar-refractivity contribution is -0.911. The fourth-order valence-corrected chi connectivity index (χ4v) is 6.22. The molecule has 3 unspecified atom stereocenters. The van der Waals surface area contributed by atoms with E-state index in [-0.39, 0.29) is 16.6 Å². The van der Waals surface area contributed by atoms with Crippen LogP contribution in [-0.4, -0.2) is 34.9 Å². The van der Waals surface area contributed by atoms with Crippen LogP contribution in [0, 0.1) is 17.0 Å². The van der Waals surface area contributed by atoms with Crippen LogP contribution < -0.4 is 0 Å². The monoisotopic (exact) mass is 495 g/mol. The molecule has 0 saturated carbocycles. The molecule has 0 amide bonds. The summed E-state index contributed by atoms with van der Waals surface area (Å²) >= 11 is 0. The number of unbranched alkanes of at least 4 members (excludes halogenated alkanes) is 11. The molecule has 0 aromatic rings. The fourth-order valence-electron chi connectivity index (χ4n) is 6.22. The van der Waals surface area contributed by atoms with Gasteiger partial charge in [-0.15, -0.1) is 0 Å². The number of likely N-dealkylation sites (tertiary alicyclic amines) is 1. The number of aliphatic carboxylic acids is 1. The molecule has 0 bridgehead atoms. The van der Waals surface area contributed by atoms with Gasteiger partial charge in [0.05, 0.1) is 25.0 Å². The average molecular weight is 496 g/mol. The van der Waals surface area contributed by atoms with Gasteiger partial charge in [0.15, 0.2) is 0 Å². The normalized spacial score (nSPS) is 18.3. The third kappa shape index (κ3) is 14.6. The highest BCUT2D eigenvalue weighted by Crippen LogP contribution is 2.34. The number of quaternary nitrogens is 1. The van der Waals surface area contributed by atoms with Gasteiger partial charge < -0.3 is 15.0 Å². The number of piperidine rings is 1. The van der Waals surface area contributed by atoms with Gasteiger partial charge in [-0.3, -0.25) is 4.79 Å². The van der Waals surface area contributed by atoms with Crippen LogP contribution in [0.3, 0.4) is 0 Å². The van der Waals surface area contributed by atoms with Crippen LogP contribution in [0.25, 0.3) is 0 Å². The van der Waals surface area contributed by atoms with Crippen molar-refractivity contribution in [2.45, 2.75) is 168 Å². The van der Waals surface area contributed by atoms with Crippen molar-refractivity contribution in [3.63, 3.8) is 0 Å². The minimum absolute atomic E-state index is 0.0290. The van der Waals surface area contributed by atoms with Gasteiger partial charge in [-0.2, -0.15) is 0 Å². The molecule has 1 fully saturated rings. The Morgan fingerprint density at radius 3 is 1.69 bits per heavy atom. The molecule has 1 rings (SSSR count). The predicted octanol–water partition coefficient (Wildman–Crippen LogP) is 9.64. The smallest absolute Gasteiger partial charge is 0.306 e. The molecule has 208 valence electrons. The molecule has 0 aromatic heterocycles. The highest BCUT2D eigenvalue weighted by Gasteiger charge is 2.36. The van der Waals surface area contributed by atoms with Gasteiger partial charge in [0.2, 0.25) is 0 Å². The van der Waals surface area contributed by atoms with E-state index in [9.17, 15) is 15.1 Å². The first-order valence-electron chi connectivity index (χ1n) is 15.8. The lowest BCUT2D eigenvalue weighted by atomic mass is 9.83. The van der Waals surface area contributed by atoms with Crippen molar-refractivity contribution in [1.29, 1.82) is 0 Å². The number of carbonyl (C=O) groups is 1.